The molecule has 1 amide bonds. The first kappa shape index (κ1) is 18.8. The van der Waals surface area contributed by atoms with Crippen LogP contribution in [0.3, 0.4) is 0 Å². The van der Waals surface area contributed by atoms with E-state index >= 15 is 0 Å². The number of hydrogen-bond acceptors (Lipinski definition) is 3. The van der Waals surface area contributed by atoms with Gasteiger partial charge in [0.1, 0.15) is 0 Å². The van der Waals surface area contributed by atoms with E-state index in [1.54, 1.807) is 32.4 Å². The smallest absolute Gasteiger partial charge is 0.251 e. The third kappa shape index (κ3) is 5.24. The Morgan fingerprint density at radius 3 is 2.28 bits per heavy atom. The number of methoxy groups -OCH3 is 2. The molecule has 0 aliphatic rings. The molecule has 0 heterocycles. The minimum atomic E-state index is -0.101. The predicted octanol–water partition coefficient (Wildman–Crippen LogP) is 4.19. The van der Waals surface area contributed by atoms with E-state index < -0.39 is 0 Å². The van der Waals surface area contributed by atoms with Crippen LogP contribution in [-0.2, 0) is 6.42 Å². The summed E-state index contributed by atoms with van der Waals surface area (Å²) in [5, 5.41) is 2.95. The lowest BCUT2D eigenvalue weighted by Gasteiger charge is -2.10. The summed E-state index contributed by atoms with van der Waals surface area (Å²) in [7, 11) is 3.13. The van der Waals surface area contributed by atoms with Crippen LogP contribution in [0.1, 0.15) is 47.7 Å². The number of nitrogens with one attached hydrogen (secondary N) is 1. The molecule has 0 aromatic heterocycles. The molecule has 134 valence electrons. The van der Waals surface area contributed by atoms with Gasteiger partial charge in [-0.3, -0.25) is 4.79 Å². The molecule has 0 unspecified atom stereocenters. The summed E-state index contributed by atoms with van der Waals surface area (Å²) in [6.07, 6.45) is 1.85. The van der Waals surface area contributed by atoms with E-state index in [4.69, 9.17) is 9.47 Å². The standard InChI is InChI=1S/C21H27NO3/c1-15(2)17-9-7-16(8-10-17)6-5-13-22-21(23)18-11-12-19(24-3)20(14-18)25-4/h7-12,14-15H,5-6,13H2,1-4H3,(H,22,23). The Morgan fingerprint density at radius 2 is 1.68 bits per heavy atom. The summed E-state index contributed by atoms with van der Waals surface area (Å²) < 4.78 is 10.4. The summed E-state index contributed by atoms with van der Waals surface area (Å²) >= 11 is 0. The largest absolute Gasteiger partial charge is 0.493 e. The maximum atomic E-state index is 12.2. The third-order valence-corrected chi connectivity index (χ3v) is 4.22. The molecule has 4 nitrogen and oxygen atoms in total. The van der Waals surface area contributed by atoms with Crippen LogP contribution in [0.5, 0.6) is 11.5 Å². The average Bonchev–Trinajstić information content (AvgIpc) is 2.64. The Bertz CT molecular complexity index is 693. The van der Waals surface area contributed by atoms with Crippen molar-refractivity contribution in [2.45, 2.75) is 32.6 Å². The van der Waals surface area contributed by atoms with Crippen LogP contribution >= 0.6 is 0 Å². The fraction of sp³-hybridized carbons (Fsp3) is 0.381. The Morgan fingerprint density at radius 1 is 1.00 bits per heavy atom. The van der Waals surface area contributed by atoms with Gasteiger partial charge >= 0.3 is 0 Å². The van der Waals surface area contributed by atoms with Gasteiger partial charge in [0.25, 0.3) is 5.91 Å². The number of aryl methyl sites for hydroxylation is 1. The van der Waals surface area contributed by atoms with Crippen molar-refractivity contribution in [1.29, 1.82) is 0 Å². The number of amides is 1. The molecule has 1 N–H and O–H groups in total. The molecule has 4 heteroatoms. The van der Waals surface area contributed by atoms with Gasteiger partial charge in [-0.15, -0.1) is 0 Å². The number of rotatable bonds is 8. The Labute approximate surface area is 150 Å². The Kier molecular flexibility index (Phi) is 6.87. The summed E-state index contributed by atoms with van der Waals surface area (Å²) in [5.74, 6) is 1.62. The first-order chi connectivity index (χ1) is 12.0. The average molecular weight is 341 g/mol. The van der Waals surface area contributed by atoms with Crippen LogP contribution in [0.15, 0.2) is 42.5 Å². The normalized spacial score (nSPS) is 10.6. The zero-order chi connectivity index (χ0) is 18.2. The minimum absolute atomic E-state index is 0.101. The maximum absolute atomic E-state index is 12.2. The molecule has 25 heavy (non-hydrogen) atoms. The van der Waals surface area contributed by atoms with Crippen LogP contribution in [-0.4, -0.2) is 26.7 Å². The molecule has 0 bridgehead atoms. The van der Waals surface area contributed by atoms with Crippen molar-refractivity contribution in [2.24, 2.45) is 0 Å². The second-order valence-corrected chi connectivity index (χ2v) is 6.33. The molecular formula is C21H27NO3. The zero-order valence-corrected chi connectivity index (χ0v) is 15.5. The summed E-state index contributed by atoms with van der Waals surface area (Å²) in [4.78, 5) is 12.2. The van der Waals surface area contributed by atoms with Gasteiger partial charge in [-0.1, -0.05) is 38.1 Å². The SMILES string of the molecule is COc1ccc(C(=O)NCCCc2ccc(C(C)C)cc2)cc1OC. The highest BCUT2D eigenvalue weighted by Gasteiger charge is 2.10. The quantitative estimate of drug-likeness (QED) is 0.732. The van der Waals surface area contributed by atoms with Crippen LogP contribution in [0.25, 0.3) is 0 Å². The zero-order valence-electron chi connectivity index (χ0n) is 15.5. The second-order valence-electron chi connectivity index (χ2n) is 6.33. The van der Waals surface area contributed by atoms with E-state index in [-0.39, 0.29) is 5.91 Å². The van der Waals surface area contributed by atoms with E-state index in [0.717, 1.165) is 12.8 Å². The first-order valence-corrected chi connectivity index (χ1v) is 8.64. The van der Waals surface area contributed by atoms with Crippen molar-refractivity contribution < 1.29 is 14.3 Å². The van der Waals surface area contributed by atoms with Crippen molar-refractivity contribution >= 4 is 5.91 Å². The van der Waals surface area contributed by atoms with Gasteiger partial charge in [0.2, 0.25) is 0 Å². The highest BCUT2D eigenvalue weighted by Crippen LogP contribution is 2.27. The number of ether oxygens (including phenoxy) is 2. The molecule has 0 radical (unpaired) electrons. The summed E-state index contributed by atoms with van der Waals surface area (Å²) in [6, 6.07) is 13.9. The van der Waals surface area contributed by atoms with Crippen molar-refractivity contribution in [3.63, 3.8) is 0 Å². The maximum Gasteiger partial charge on any atom is 0.251 e. The predicted molar refractivity (Wildman–Crippen MR) is 101 cm³/mol. The number of benzene rings is 2. The molecule has 0 saturated heterocycles. The molecule has 0 atom stereocenters. The van der Waals surface area contributed by atoms with Crippen LogP contribution in [0, 0.1) is 0 Å². The highest BCUT2D eigenvalue weighted by atomic mass is 16.5. The Balaban J connectivity index is 1.82. The second kappa shape index (κ2) is 9.11. The van der Waals surface area contributed by atoms with Crippen molar-refractivity contribution in [2.75, 3.05) is 20.8 Å². The monoisotopic (exact) mass is 341 g/mol. The lowest BCUT2D eigenvalue weighted by Crippen LogP contribution is -2.24. The molecule has 0 aliphatic heterocycles. The van der Waals surface area contributed by atoms with E-state index in [1.165, 1.54) is 11.1 Å². The summed E-state index contributed by atoms with van der Waals surface area (Å²) in [6.45, 7) is 5.02. The van der Waals surface area contributed by atoms with Gasteiger partial charge < -0.3 is 14.8 Å². The van der Waals surface area contributed by atoms with Crippen LogP contribution in [0.4, 0.5) is 0 Å². The van der Waals surface area contributed by atoms with Crippen molar-refractivity contribution in [3.8, 4) is 11.5 Å². The number of hydrogen-bond donors (Lipinski definition) is 1. The first-order valence-electron chi connectivity index (χ1n) is 8.64. The van der Waals surface area contributed by atoms with E-state index in [9.17, 15) is 4.79 Å². The Hall–Kier alpha value is -2.49. The van der Waals surface area contributed by atoms with Crippen molar-refractivity contribution in [1.82, 2.24) is 5.32 Å². The van der Waals surface area contributed by atoms with Crippen LogP contribution < -0.4 is 14.8 Å². The molecule has 2 aromatic rings. The molecule has 0 saturated carbocycles. The van der Waals surface area contributed by atoms with Crippen molar-refractivity contribution in [3.05, 3.63) is 59.2 Å². The van der Waals surface area contributed by atoms with Gasteiger partial charge in [0.15, 0.2) is 11.5 Å². The van der Waals surface area contributed by atoms with E-state index in [1.807, 2.05) is 0 Å². The van der Waals surface area contributed by atoms with E-state index in [0.29, 0.717) is 29.5 Å². The fourth-order valence-electron chi connectivity index (χ4n) is 2.64. The molecule has 2 aromatic carbocycles. The van der Waals surface area contributed by atoms with Gasteiger partial charge in [0, 0.05) is 12.1 Å². The fourth-order valence-corrected chi connectivity index (χ4v) is 2.64. The molecule has 0 fully saturated rings. The third-order valence-electron chi connectivity index (χ3n) is 4.22. The van der Waals surface area contributed by atoms with Gasteiger partial charge in [0.05, 0.1) is 14.2 Å². The molecular weight excluding hydrogens is 314 g/mol. The summed E-state index contributed by atoms with van der Waals surface area (Å²) in [5.41, 5.74) is 3.22. The lowest BCUT2D eigenvalue weighted by atomic mass is 10.0. The molecule has 2 rings (SSSR count). The topological polar surface area (TPSA) is 47.6 Å². The molecule has 0 aliphatic carbocycles. The molecule has 0 spiro atoms. The van der Waals surface area contributed by atoms with Gasteiger partial charge in [-0.05, 0) is 48.1 Å². The minimum Gasteiger partial charge on any atom is -0.493 e. The van der Waals surface area contributed by atoms with Gasteiger partial charge in [-0.2, -0.15) is 0 Å². The van der Waals surface area contributed by atoms with Gasteiger partial charge in [-0.25, -0.2) is 0 Å². The lowest BCUT2D eigenvalue weighted by molar-refractivity contribution is 0.0953. The highest BCUT2D eigenvalue weighted by molar-refractivity contribution is 5.94. The number of carbonyl (C=O) groups is 1. The van der Waals surface area contributed by atoms with E-state index in [2.05, 4.69) is 43.4 Å². The van der Waals surface area contributed by atoms with Crippen LogP contribution in [0.2, 0.25) is 0 Å². The number of carbonyl (C=O) groups excluding carboxylic acids is 1.